The van der Waals surface area contributed by atoms with Gasteiger partial charge in [0, 0.05) is 31.2 Å². The van der Waals surface area contributed by atoms with E-state index in [-0.39, 0.29) is 0 Å². The van der Waals surface area contributed by atoms with Crippen molar-refractivity contribution in [3.05, 3.63) is 64.6 Å². The van der Waals surface area contributed by atoms with Gasteiger partial charge in [0.15, 0.2) is 0 Å². The number of hydrogen-bond donors (Lipinski definition) is 0. The lowest BCUT2D eigenvalue weighted by molar-refractivity contribution is 0.341. The van der Waals surface area contributed by atoms with Crippen LogP contribution in [0.1, 0.15) is 6.92 Å². The molecule has 1 fully saturated rings. The average molecular weight is 465 g/mol. The van der Waals surface area contributed by atoms with E-state index in [1.54, 1.807) is 24.3 Å². The molecule has 1 aliphatic rings. The van der Waals surface area contributed by atoms with Crippen LogP contribution in [-0.4, -0.2) is 45.5 Å². The van der Waals surface area contributed by atoms with Gasteiger partial charge in [-0.25, -0.2) is 8.42 Å². The molecular weight excluding hydrogens is 443 g/mol. The maximum Gasteiger partial charge on any atom is 0.243 e. The van der Waals surface area contributed by atoms with Gasteiger partial charge in [-0.1, -0.05) is 35.3 Å². The second-order valence-electron chi connectivity index (χ2n) is 7.09. The molecule has 158 valence electrons. The average Bonchev–Trinajstić information content (AvgIpc) is 2.75. The molecule has 0 atom stereocenters. The van der Waals surface area contributed by atoms with Crippen LogP contribution in [0, 0.1) is 0 Å². The molecule has 0 bridgehead atoms. The first-order valence-electron chi connectivity index (χ1n) is 9.75. The Kier molecular flexibility index (Phi) is 6.11. The number of rotatable bonds is 5. The van der Waals surface area contributed by atoms with Crippen LogP contribution in [-0.2, 0) is 10.0 Å². The molecule has 3 aromatic carbocycles. The summed E-state index contributed by atoms with van der Waals surface area (Å²) >= 11 is 12.4. The van der Waals surface area contributed by atoms with Crippen molar-refractivity contribution >= 4 is 49.7 Å². The summed E-state index contributed by atoms with van der Waals surface area (Å²) in [4.78, 5) is 2.36. The number of benzene rings is 3. The van der Waals surface area contributed by atoms with E-state index >= 15 is 0 Å². The molecule has 4 rings (SSSR count). The zero-order valence-corrected chi connectivity index (χ0v) is 18.8. The summed E-state index contributed by atoms with van der Waals surface area (Å²) in [7, 11) is -3.58. The van der Waals surface area contributed by atoms with E-state index in [1.807, 2.05) is 37.3 Å². The number of hydrogen-bond acceptors (Lipinski definition) is 4. The normalized spacial score (nSPS) is 15.5. The van der Waals surface area contributed by atoms with Crippen molar-refractivity contribution in [3.8, 4) is 5.75 Å². The number of sulfonamides is 1. The van der Waals surface area contributed by atoms with Crippen LogP contribution in [0.4, 0.5) is 5.69 Å². The van der Waals surface area contributed by atoms with E-state index in [0.29, 0.717) is 47.7 Å². The van der Waals surface area contributed by atoms with Crippen LogP contribution < -0.4 is 9.64 Å². The van der Waals surface area contributed by atoms with Gasteiger partial charge >= 0.3 is 0 Å². The highest BCUT2D eigenvalue weighted by Crippen LogP contribution is 2.31. The molecule has 30 heavy (non-hydrogen) atoms. The highest BCUT2D eigenvalue weighted by atomic mass is 35.5. The van der Waals surface area contributed by atoms with Gasteiger partial charge in [0.05, 0.1) is 22.2 Å². The van der Waals surface area contributed by atoms with Gasteiger partial charge in [-0.3, -0.25) is 0 Å². The molecule has 1 aliphatic heterocycles. The number of fused-ring (bicyclic) bond motifs is 1. The zero-order chi connectivity index (χ0) is 21.3. The fourth-order valence-corrected chi connectivity index (χ4v) is 5.53. The Balaban J connectivity index is 1.53. The van der Waals surface area contributed by atoms with Crippen molar-refractivity contribution in [1.82, 2.24) is 4.31 Å². The van der Waals surface area contributed by atoms with E-state index in [9.17, 15) is 8.42 Å². The van der Waals surface area contributed by atoms with Crippen LogP contribution in [0.5, 0.6) is 5.75 Å². The Bertz CT molecular complexity index is 1180. The minimum atomic E-state index is -3.58. The lowest BCUT2D eigenvalue weighted by atomic mass is 10.1. The summed E-state index contributed by atoms with van der Waals surface area (Å²) in [5.74, 6) is 0.774. The maximum absolute atomic E-state index is 13.2. The number of ether oxygens (including phenoxy) is 1. The highest BCUT2D eigenvalue weighted by molar-refractivity contribution is 7.89. The second kappa shape index (κ2) is 8.63. The first-order chi connectivity index (χ1) is 14.4. The molecule has 0 radical (unpaired) electrons. The van der Waals surface area contributed by atoms with E-state index < -0.39 is 10.0 Å². The van der Waals surface area contributed by atoms with Crippen LogP contribution in [0.15, 0.2) is 59.5 Å². The Morgan fingerprint density at radius 3 is 2.33 bits per heavy atom. The van der Waals surface area contributed by atoms with Crippen LogP contribution in [0.25, 0.3) is 10.8 Å². The summed E-state index contributed by atoms with van der Waals surface area (Å²) in [5, 5.41) is 3.02. The van der Waals surface area contributed by atoms with Crippen molar-refractivity contribution < 1.29 is 13.2 Å². The van der Waals surface area contributed by atoms with Crippen molar-refractivity contribution in [2.75, 3.05) is 37.7 Å². The largest absolute Gasteiger partial charge is 0.494 e. The molecule has 0 saturated carbocycles. The van der Waals surface area contributed by atoms with E-state index in [2.05, 4.69) is 4.90 Å². The fraction of sp³-hybridized carbons (Fsp3) is 0.273. The smallest absolute Gasteiger partial charge is 0.243 e. The predicted molar refractivity (Wildman–Crippen MR) is 123 cm³/mol. The molecule has 8 heteroatoms. The van der Waals surface area contributed by atoms with Crippen molar-refractivity contribution in [3.63, 3.8) is 0 Å². The van der Waals surface area contributed by atoms with Crippen molar-refractivity contribution in [2.24, 2.45) is 0 Å². The SMILES string of the molecule is CCOc1ccc2cc(S(=O)(=O)N3CCN(c4cc(Cl)ccc4Cl)CC3)ccc2c1. The molecule has 0 aliphatic carbocycles. The Hall–Kier alpha value is -1.99. The molecule has 1 heterocycles. The molecule has 1 saturated heterocycles. The summed E-state index contributed by atoms with van der Waals surface area (Å²) in [6, 6.07) is 16.2. The monoisotopic (exact) mass is 464 g/mol. The minimum absolute atomic E-state index is 0.299. The van der Waals surface area contributed by atoms with Gasteiger partial charge in [0.2, 0.25) is 10.0 Å². The lowest BCUT2D eigenvalue weighted by Crippen LogP contribution is -2.48. The fourth-order valence-electron chi connectivity index (χ4n) is 3.67. The molecule has 5 nitrogen and oxygen atoms in total. The standard InChI is InChI=1S/C22H22Cl2N2O3S/c1-2-29-19-6-3-17-14-20(7-4-16(17)13-19)30(27,28)26-11-9-25(10-12-26)22-15-18(23)5-8-21(22)24/h3-8,13-15H,2,9-12H2,1H3. The van der Waals surface area contributed by atoms with Crippen LogP contribution in [0.2, 0.25) is 10.0 Å². The second-order valence-corrected chi connectivity index (χ2v) is 9.87. The van der Waals surface area contributed by atoms with Crippen LogP contribution in [0.3, 0.4) is 0 Å². The van der Waals surface area contributed by atoms with Crippen LogP contribution >= 0.6 is 23.2 Å². The highest BCUT2D eigenvalue weighted by Gasteiger charge is 2.29. The Morgan fingerprint density at radius 2 is 1.60 bits per heavy atom. The van der Waals surface area contributed by atoms with E-state index in [1.165, 1.54) is 4.31 Å². The molecule has 0 N–H and O–H groups in total. The quantitative estimate of drug-likeness (QED) is 0.529. The molecule has 0 amide bonds. The van der Waals surface area contributed by atoms with Gasteiger partial charge in [-0.2, -0.15) is 4.31 Å². The number of piperazine rings is 1. The summed E-state index contributed by atoms with van der Waals surface area (Å²) in [6.45, 7) is 4.37. The van der Waals surface area contributed by atoms with Gasteiger partial charge < -0.3 is 9.64 Å². The maximum atomic E-state index is 13.2. The lowest BCUT2D eigenvalue weighted by Gasteiger charge is -2.35. The van der Waals surface area contributed by atoms with Crippen molar-refractivity contribution in [2.45, 2.75) is 11.8 Å². The third-order valence-electron chi connectivity index (χ3n) is 5.22. The number of anilines is 1. The minimum Gasteiger partial charge on any atom is -0.494 e. The summed E-state index contributed by atoms with van der Waals surface area (Å²) in [5.41, 5.74) is 0.831. The number of halogens is 2. The molecule has 0 spiro atoms. The Morgan fingerprint density at radius 1 is 0.900 bits per heavy atom. The number of nitrogens with zero attached hydrogens (tertiary/aromatic N) is 2. The van der Waals surface area contributed by atoms with E-state index in [4.69, 9.17) is 27.9 Å². The van der Waals surface area contributed by atoms with Gasteiger partial charge in [0.25, 0.3) is 0 Å². The molecular formula is C22H22Cl2N2O3S. The summed E-state index contributed by atoms with van der Waals surface area (Å²) < 4.78 is 33.4. The zero-order valence-electron chi connectivity index (χ0n) is 16.5. The van der Waals surface area contributed by atoms with Gasteiger partial charge in [-0.05, 0) is 60.2 Å². The summed E-state index contributed by atoms with van der Waals surface area (Å²) in [6.07, 6.45) is 0. The first-order valence-corrected chi connectivity index (χ1v) is 11.9. The molecule has 0 unspecified atom stereocenters. The van der Waals surface area contributed by atoms with E-state index in [0.717, 1.165) is 22.2 Å². The van der Waals surface area contributed by atoms with Gasteiger partial charge in [-0.15, -0.1) is 0 Å². The topological polar surface area (TPSA) is 49.9 Å². The Labute approximate surface area is 186 Å². The molecule has 3 aromatic rings. The van der Waals surface area contributed by atoms with Gasteiger partial charge in [0.1, 0.15) is 5.75 Å². The predicted octanol–water partition coefficient (Wildman–Crippen LogP) is 5.06. The third kappa shape index (κ3) is 4.23. The van der Waals surface area contributed by atoms with Crippen molar-refractivity contribution in [1.29, 1.82) is 0 Å². The first kappa shape index (κ1) is 21.2. The molecule has 0 aromatic heterocycles. The third-order valence-corrected chi connectivity index (χ3v) is 7.67.